The first-order valence-corrected chi connectivity index (χ1v) is 10.8. The predicted molar refractivity (Wildman–Crippen MR) is 109 cm³/mol. The van der Waals surface area contributed by atoms with Crippen molar-refractivity contribution < 1.29 is 13.2 Å². The molecule has 0 saturated carbocycles. The molecule has 8 heteroatoms. The zero-order chi connectivity index (χ0) is 20.6. The molecule has 0 aromatic heterocycles. The first-order valence-electron chi connectivity index (χ1n) is 10.8. The topological polar surface area (TPSA) is 34.1 Å². The molecular formula is C20H38F3N5. The van der Waals surface area contributed by atoms with Crippen molar-refractivity contribution in [1.82, 2.24) is 20.0 Å². The van der Waals surface area contributed by atoms with E-state index in [9.17, 15) is 13.2 Å². The molecule has 1 unspecified atom stereocenters. The molecule has 2 fully saturated rings. The lowest BCUT2D eigenvalue weighted by Gasteiger charge is -2.31. The standard InChI is InChI=1S/C20H38F3N5/c1-4-26-11-7-17(8-12-26)6-10-25-19(24-3)28-13-9-18(15-28)14-27(5-2)16-20(21,22)23/h17-18H,4-16H2,1-3H3,(H,24,25). The maximum atomic E-state index is 12.7. The van der Waals surface area contributed by atoms with Crippen molar-refractivity contribution in [3.05, 3.63) is 0 Å². The number of piperidine rings is 1. The normalized spacial score (nSPS) is 23.0. The average Bonchev–Trinajstić information content (AvgIpc) is 3.12. The quantitative estimate of drug-likeness (QED) is 0.497. The van der Waals surface area contributed by atoms with Gasteiger partial charge in [-0.15, -0.1) is 0 Å². The first-order chi connectivity index (χ1) is 13.3. The number of hydrogen-bond acceptors (Lipinski definition) is 3. The van der Waals surface area contributed by atoms with Crippen LogP contribution in [0.4, 0.5) is 13.2 Å². The molecule has 1 atom stereocenters. The molecule has 5 nitrogen and oxygen atoms in total. The number of aliphatic imine (C=N–C) groups is 1. The van der Waals surface area contributed by atoms with Crippen molar-refractivity contribution in [2.24, 2.45) is 16.8 Å². The fourth-order valence-corrected chi connectivity index (χ4v) is 4.41. The van der Waals surface area contributed by atoms with E-state index >= 15 is 0 Å². The number of halogens is 3. The van der Waals surface area contributed by atoms with Gasteiger partial charge in [-0.2, -0.15) is 13.2 Å². The van der Waals surface area contributed by atoms with Gasteiger partial charge >= 0.3 is 6.18 Å². The lowest BCUT2D eigenvalue weighted by molar-refractivity contribution is -0.146. The zero-order valence-corrected chi connectivity index (χ0v) is 17.8. The Balaban J connectivity index is 1.70. The Morgan fingerprint density at radius 2 is 1.79 bits per heavy atom. The molecule has 0 amide bonds. The third-order valence-electron chi connectivity index (χ3n) is 6.15. The summed E-state index contributed by atoms with van der Waals surface area (Å²) in [6.45, 7) is 10.2. The van der Waals surface area contributed by atoms with E-state index in [4.69, 9.17) is 0 Å². The molecule has 0 spiro atoms. The van der Waals surface area contributed by atoms with Gasteiger partial charge in [-0.05, 0) is 63.7 Å². The van der Waals surface area contributed by atoms with Gasteiger partial charge in [-0.25, -0.2) is 0 Å². The lowest BCUT2D eigenvalue weighted by Crippen LogP contribution is -2.42. The van der Waals surface area contributed by atoms with E-state index < -0.39 is 12.7 Å². The van der Waals surface area contributed by atoms with Crippen LogP contribution in [0.3, 0.4) is 0 Å². The predicted octanol–water partition coefficient (Wildman–Crippen LogP) is 2.89. The van der Waals surface area contributed by atoms with E-state index in [-0.39, 0.29) is 5.92 Å². The van der Waals surface area contributed by atoms with Crippen LogP contribution in [0.25, 0.3) is 0 Å². The monoisotopic (exact) mass is 405 g/mol. The summed E-state index contributed by atoms with van der Waals surface area (Å²) in [5, 5.41) is 3.48. The van der Waals surface area contributed by atoms with Crippen LogP contribution in [0.1, 0.15) is 39.5 Å². The van der Waals surface area contributed by atoms with E-state index in [1.807, 2.05) is 0 Å². The average molecular weight is 406 g/mol. The zero-order valence-electron chi connectivity index (χ0n) is 17.8. The van der Waals surface area contributed by atoms with Gasteiger partial charge < -0.3 is 15.1 Å². The Bertz CT molecular complexity index is 475. The maximum Gasteiger partial charge on any atom is 0.401 e. The van der Waals surface area contributed by atoms with Crippen LogP contribution in [0.15, 0.2) is 4.99 Å². The van der Waals surface area contributed by atoms with Gasteiger partial charge in [0.1, 0.15) is 0 Å². The van der Waals surface area contributed by atoms with Crippen LogP contribution >= 0.6 is 0 Å². The van der Waals surface area contributed by atoms with E-state index in [1.54, 1.807) is 14.0 Å². The van der Waals surface area contributed by atoms with Crippen LogP contribution in [-0.4, -0.2) is 92.8 Å². The molecule has 164 valence electrons. The van der Waals surface area contributed by atoms with Crippen molar-refractivity contribution in [2.45, 2.75) is 45.7 Å². The van der Waals surface area contributed by atoms with Crippen LogP contribution in [0, 0.1) is 11.8 Å². The molecule has 2 aliphatic heterocycles. The smallest absolute Gasteiger partial charge is 0.356 e. The summed E-state index contributed by atoms with van der Waals surface area (Å²) in [5.74, 6) is 1.94. The summed E-state index contributed by atoms with van der Waals surface area (Å²) in [6.07, 6.45) is 0.491. The van der Waals surface area contributed by atoms with E-state index in [1.165, 1.54) is 30.8 Å². The fourth-order valence-electron chi connectivity index (χ4n) is 4.41. The number of nitrogens with one attached hydrogen (secondary N) is 1. The largest absolute Gasteiger partial charge is 0.401 e. The lowest BCUT2D eigenvalue weighted by atomic mass is 9.93. The Labute approximate surface area is 168 Å². The second kappa shape index (κ2) is 11.2. The van der Waals surface area contributed by atoms with Gasteiger partial charge in [0.2, 0.25) is 0 Å². The van der Waals surface area contributed by atoms with Crippen molar-refractivity contribution in [2.75, 3.05) is 66.0 Å². The molecule has 2 saturated heterocycles. The van der Waals surface area contributed by atoms with Gasteiger partial charge in [-0.3, -0.25) is 9.89 Å². The molecule has 0 aromatic rings. The summed E-state index contributed by atoms with van der Waals surface area (Å²) in [5.41, 5.74) is 0. The summed E-state index contributed by atoms with van der Waals surface area (Å²) < 4.78 is 38.0. The van der Waals surface area contributed by atoms with E-state index in [0.29, 0.717) is 13.1 Å². The van der Waals surface area contributed by atoms with E-state index in [0.717, 1.165) is 50.9 Å². The summed E-state index contributed by atoms with van der Waals surface area (Å²) in [6, 6.07) is 0. The third-order valence-corrected chi connectivity index (χ3v) is 6.15. The minimum absolute atomic E-state index is 0.263. The molecule has 2 rings (SSSR count). The highest BCUT2D eigenvalue weighted by atomic mass is 19.4. The van der Waals surface area contributed by atoms with Crippen molar-refractivity contribution in [3.8, 4) is 0 Å². The number of hydrogen-bond donors (Lipinski definition) is 1. The molecule has 0 radical (unpaired) electrons. The molecular weight excluding hydrogens is 367 g/mol. The Morgan fingerprint density at radius 1 is 1.11 bits per heavy atom. The minimum atomic E-state index is -4.13. The highest BCUT2D eigenvalue weighted by Crippen LogP contribution is 2.22. The number of likely N-dealkylation sites (tertiary alicyclic amines) is 2. The number of alkyl halides is 3. The van der Waals surface area contributed by atoms with Gasteiger partial charge in [0.25, 0.3) is 0 Å². The minimum Gasteiger partial charge on any atom is -0.356 e. The molecule has 2 heterocycles. The van der Waals surface area contributed by atoms with Crippen LogP contribution in [0.5, 0.6) is 0 Å². The molecule has 2 aliphatic rings. The molecule has 0 aromatic carbocycles. The number of guanidine groups is 1. The summed E-state index contributed by atoms with van der Waals surface area (Å²) in [7, 11) is 1.79. The highest BCUT2D eigenvalue weighted by molar-refractivity contribution is 5.80. The van der Waals surface area contributed by atoms with Gasteiger partial charge in [0.15, 0.2) is 5.96 Å². The van der Waals surface area contributed by atoms with E-state index in [2.05, 4.69) is 27.0 Å². The van der Waals surface area contributed by atoms with Crippen LogP contribution in [0.2, 0.25) is 0 Å². The SMILES string of the molecule is CCN1CCC(CCNC(=NC)N2CCC(CN(CC)CC(F)(F)F)C2)CC1. The van der Waals surface area contributed by atoms with Gasteiger partial charge in [0.05, 0.1) is 6.54 Å². The fraction of sp³-hybridized carbons (Fsp3) is 0.950. The van der Waals surface area contributed by atoms with Gasteiger partial charge in [-0.1, -0.05) is 13.8 Å². The Hall–Kier alpha value is -1.02. The second-order valence-corrected chi connectivity index (χ2v) is 8.18. The molecule has 0 bridgehead atoms. The maximum absolute atomic E-state index is 12.7. The first kappa shape index (κ1) is 23.3. The third kappa shape index (κ3) is 7.78. The van der Waals surface area contributed by atoms with Crippen molar-refractivity contribution in [1.29, 1.82) is 0 Å². The number of rotatable bonds is 8. The van der Waals surface area contributed by atoms with Crippen LogP contribution < -0.4 is 5.32 Å². The number of nitrogens with zero attached hydrogens (tertiary/aromatic N) is 4. The molecule has 1 N–H and O–H groups in total. The van der Waals surface area contributed by atoms with Gasteiger partial charge in [0, 0.05) is 33.2 Å². The van der Waals surface area contributed by atoms with Crippen molar-refractivity contribution in [3.63, 3.8) is 0 Å². The second-order valence-electron chi connectivity index (χ2n) is 8.18. The Morgan fingerprint density at radius 3 is 2.36 bits per heavy atom. The van der Waals surface area contributed by atoms with Crippen molar-refractivity contribution >= 4 is 5.96 Å². The summed E-state index contributed by atoms with van der Waals surface area (Å²) in [4.78, 5) is 10.6. The molecule has 0 aliphatic carbocycles. The molecule has 28 heavy (non-hydrogen) atoms. The highest BCUT2D eigenvalue weighted by Gasteiger charge is 2.33. The Kier molecular flexibility index (Phi) is 9.34. The summed E-state index contributed by atoms with van der Waals surface area (Å²) >= 11 is 0. The van der Waals surface area contributed by atoms with Crippen LogP contribution in [-0.2, 0) is 0 Å².